The molecule has 0 saturated carbocycles. The monoisotopic (exact) mass is 629 g/mol. The highest BCUT2D eigenvalue weighted by Crippen LogP contribution is 2.12. The van der Waals surface area contributed by atoms with Gasteiger partial charge in [0.2, 0.25) is 0 Å². The molecule has 1 N–H and O–H groups in total. The van der Waals surface area contributed by atoms with Crippen LogP contribution < -0.4 is 0 Å². The number of carbonyl (C=O) groups excluding carboxylic acids is 1. The molecule has 0 aromatic heterocycles. The van der Waals surface area contributed by atoms with E-state index in [9.17, 15) is 9.90 Å². The lowest BCUT2D eigenvalue weighted by Crippen LogP contribution is -2.27. The van der Waals surface area contributed by atoms with Gasteiger partial charge in [-0.15, -0.1) is 0 Å². The molecule has 0 rings (SSSR count). The van der Waals surface area contributed by atoms with E-state index >= 15 is 0 Å². The molecule has 0 aliphatic rings. The van der Waals surface area contributed by atoms with Crippen molar-refractivity contribution in [3.63, 3.8) is 0 Å². The standard InChI is InChI=1S/C41H72O4/c1-3-5-7-9-11-13-15-17-19-21-22-24-26-28-30-32-34-36-41(43)45-40(38-42)39-44-37-35-33-31-29-27-25-23-20-18-16-14-12-10-8-6-4-2/h6,8,12,14,17-20,25,27,40,42H,3-5,7,9-11,13,15-16,21-24,26,28-39H2,1-2H3/b8-6-,14-12-,19-17-,20-18-,27-25-. The van der Waals surface area contributed by atoms with Gasteiger partial charge in [0.05, 0.1) is 13.2 Å². The van der Waals surface area contributed by atoms with Gasteiger partial charge < -0.3 is 14.6 Å². The molecule has 45 heavy (non-hydrogen) atoms. The van der Waals surface area contributed by atoms with Gasteiger partial charge in [-0.1, -0.05) is 145 Å². The van der Waals surface area contributed by atoms with Gasteiger partial charge in [0.25, 0.3) is 0 Å². The van der Waals surface area contributed by atoms with E-state index in [0.29, 0.717) is 13.0 Å². The van der Waals surface area contributed by atoms with Gasteiger partial charge in [0.15, 0.2) is 0 Å². The van der Waals surface area contributed by atoms with E-state index in [-0.39, 0.29) is 19.2 Å². The van der Waals surface area contributed by atoms with Gasteiger partial charge in [-0.25, -0.2) is 0 Å². The molecule has 0 aromatic carbocycles. The molecule has 0 spiro atoms. The number of aliphatic hydroxyl groups is 1. The Morgan fingerprint density at radius 2 is 1.00 bits per heavy atom. The number of carbonyl (C=O) groups is 1. The summed E-state index contributed by atoms with van der Waals surface area (Å²) < 4.78 is 11.1. The molecule has 0 aromatic rings. The minimum atomic E-state index is -0.554. The number of unbranched alkanes of at least 4 members (excludes halogenated alkanes) is 16. The van der Waals surface area contributed by atoms with Crippen molar-refractivity contribution in [3.8, 4) is 0 Å². The first kappa shape index (κ1) is 43.1. The Labute approximate surface area is 279 Å². The SMILES string of the molecule is CC/C=C\C/C=C\C/C=C\C/C=C\CCCCCOCC(CO)OC(=O)CCCCCCCCC/C=C\CCCCCCCC. The van der Waals surface area contributed by atoms with E-state index in [1.54, 1.807) is 0 Å². The molecular formula is C41H72O4. The Morgan fingerprint density at radius 1 is 0.556 bits per heavy atom. The summed E-state index contributed by atoms with van der Waals surface area (Å²) in [5, 5.41) is 9.56. The lowest BCUT2D eigenvalue weighted by Gasteiger charge is -2.15. The van der Waals surface area contributed by atoms with E-state index in [2.05, 4.69) is 74.6 Å². The van der Waals surface area contributed by atoms with Crippen LogP contribution in [0.4, 0.5) is 0 Å². The highest BCUT2D eigenvalue weighted by atomic mass is 16.6. The minimum absolute atomic E-state index is 0.189. The van der Waals surface area contributed by atoms with Gasteiger partial charge >= 0.3 is 5.97 Å². The largest absolute Gasteiger partial charge is 0.457 e. The number of aliphatic hydroxyl groups excluding tert-OH is 1. The molecule has 260 valence electrons. The molecule has 0 aliphatic heterocycles. The van der Waals surface area contributed by atoms with Gasteiger partial charge in [0.1, 0.15) is 6.10 Å². The average Bonchev–Trinajstić information content (AvgIpc) is 3.05. The Balaban J connectivity index is 3.52. The van der Waals surface area contributed by atoms with Crippen LogP contribution in [0.15, 0.2) is 60.8 Å². The van der Waals surface area contributed by atoms with Crippen molar-refractivity contribution in [2.75, 3.05) is 19.8 Å². The van der Waals surface area contributed by atoms with E-state index in [0.717, 1.165) is 64.2 Å². The maximum Gasteiger partial charge on any atom is 0.306 e. The molecule has 4 nitrogen and oxygen atoms in total. The Morgan fingerprint density at radius 3 is 1.53 bits per heavy atom. The molecule has 0 aliphatic carbocycles. The van der Waals surface area contributed by atoms with Crippen molar-refractivity contribution in [2.45, 2.75) is 174 Å². The number of hydrogen-bond acceptors (Lipinski definition) is 4. The topological polar surface area (TPSA) is 55.8 Å². The molecule has 4 heteroatoms. The van der Waals surface area contributed by atoms with E-state index in [4.69, 9.17) is 9.47 Å². The summed E-state index contributed by atoms with van der Waals surface area (Å²) in [5.41, 5.74) is 0. The summed E-state index contributed by atoms with van der Waals surface area (Å²) in [6.07, 6.45) is 49.8. The number of esters is 1. The number of hydrogen-bond donors (Lipinski definition) is 1. The third kappa shape index (κ3) is 36.4. The molecule has 0 fully saturated rings. The van der Waals surface area contributed by atoms with Crippen molar-refractivity contribution in [1.29, 1.82) is 0 Å². The predicted octanol–water partition coefficient (Wildman–Crippen LogP) is 12.1. The fraction of sp³-hybridized carbons (Fsp3) is 0.732. The van der Waals surface area contributed by atoms with Crippen molar-refractivity contribution in [3.05, 3.63) is 60.8 Å². The molecule has 0 saturated heterocycles. The first-order valence-electron chi connectivity index (χ1n) is 18.9. The van der Waals surface area contributed by atoms with Crippen LogP contribution in [0.3, 0.4) is 0 Å². The van der Waals surface area contributed by atoms with Crippen molar-refractivity contribution < 1.29 is 19.4 Å². The van der Waals surface area contributed by atoms with Gasteiger partial charge in [0, 0.05) is 13.0 Å². The van der Waals surface area contributed by atoms with Gasteiger partial charge in [-0.2, -0.15) is 0 Å². The van der Waals surface area contributed by atoms with Crippen LogP contribution in [0.25, 0.3) is 0 Å². The summed E-state index contributed by atoms with van der Waals surface area (Å²) in [4.78, 5) is 12.2. The number of rotatable bonds is 34. The second-order valence-electron chi connectivity index (χ2n) is 12.3. The third-order valence-electron chi connectivity index (χ3n) is 7.83. The van der Waals surface area contributed by atoms with Crippen molar-refractivity contribution >= 4 is 5.97 Å². The predicted molar refractivity (Wildman–Crippen MR) is 196 cm³/mol. The second kappa shape index (κ2) is 38.3. The Hall–Kier alpha value is -1.91. The van der Waals surface area contributed by atoms with E-state index < -0.39 is 6.10 Å². The highest BCUT2D eigenvalue weighted by molar-refractivity contribution is 5.69. The summed E-state index contributed by atoms with van der Waals surface area (Å²) in [7, 11) is 0. The van der Waals surface area contributed by atoms with Crippen molar-refractivity contribution in [2.24, 2.45) is 0 Å². The maximum atomic E-state index is 12.2. The van der Waals surface area contributed by atoms with Crippen LogP contribution in [0, 0.1) is 0 Å². The zero-order valence-corrected chi connectivity index (χ0v) is 29.6. The van der Waals surface area contributed by atoms with Crippen LogP contribution in [-0.4, -0.2) is 37.0 Å². The third-order valence-corrected chi connectivity index (χ3v) is 7.83. The van der Waals surface area contributed by atoms with Crippen molar-refractivity contribution in [1.82, 2.24) is 0 Å². The highest BCUT2D eigenvalue weighted by Gasteiger charge is 2.13. The van der Waals surface area contributed by atoms with Crippen LogP contribution in [0.1, 0.15) is 168 Å². The van der Waals surface area contributed by atoms with Crippen LogP contribution in [-0.2, 0) is 14.3 Å². The molecule has 1 atom stereocenters. The van der Waals surface area contributed by atoms with Crippen LogP contribution in [0.2, 0.25) is 0 Å². The van der Waals surface area contributed by atoms with E-state index in [1.165, 1.54) is 83.5 Å². The Kier molecular flexibility index (Phi) is 36.6. The Bertz CT molecular complexity index is 749. The maximum absolute atomic E-state index is 12.2. The first-order chi connectivity index (χ1) is 22.2. The zero-order chi connectivity index (χ0) is 32.7. The fourth-order valence-corrected chi connectivity index (χ4v) is 5.02. The number of ether oxygens (including phenoxy) is 2. The first-order valence-corrected chi connectivity index (χ1v) is 18.9. The minimum Gasteiger partial charge on any atom is -0.457 e. The smallest absolute Gasteiger partial charge is 0.306 e. The summed E-state index contributed by atoms with van der Waals surface area (Å²) >= 11 is 0. The summed E-state index contributed by atoms with van der Waals surface area (Å²) in [6, 6.07) is 0. The molecule has 0 amide bonds. The van der Waals surface area contributed by atoms with Gasteiger partial charge in [-0.3, -0.25) is 4.79 Å². The fourth-order valence-electron chi connectivity index (χ4n) is 5.02. The molecule has 0 bridgehead atoms. The average molecular weight is 629 g/mol. The number of allylic oxidation sites excluding steroid dienone is 10. The second-order valence-corrected chi connectivity index (χ2v) is 12.3. The molecule has 0 heterocycles. The van der Waals surface area contributed by atoms with E-state index in [1.807, 2.05) is 0 Å². The quantitative estimate of drug-likeness (QED) is 0.0437. The normalized spacial score (nSPS) is 13.0. The summed E-state index contributed by atoms with van der Waals surface area (Å²) in [6.45, 7) is 5.15. The van der Waals surface area contributed by atoms with Crippen LogP contribution in [0.5, 0.6) is 0 Å². The lowest BCUT2D eigenvalue weighted by atomic mass is 10.1. The van der Waals surface area contributed by atoms with Crippen LogP contribution >= 0.6 is 0 Å². The molecule has 0 radical (unpaired) electrons. The molecule has 1 unspecified atom stereocenters. The summed E-state index contributed by atoms with van der Waals surface area (Å²) in [5.74, 6) is -0.219. The lowest BCUT2D eigenvalue weighted by molar-refractivity contribution is -0.154. The molecular weight excluding hydrogens is 556 g/mol. The zero-order valence-electron chi connectivity index (χ0n) is 29.6. The van der Waals surface area contributed by atoms with Gasteiger partial charge in [-0.05, 0) is 77.0 Å².